The molecule has 0 aliphatic heterocycles. The van der Waals surface area contributed by atoms with Crippen molar-refractivity contribution in [2.45, 2.75) is 548 Å². The standard InChI is InChI=1S/5C18H36O2.6Ca/c5*1-2-3-4-5-6-7-8-9-10-11-12-13-14-15-16-17-18(19)20;;;;;;/h5*2-17H2,1H3,(H,19,20);;;;;;/q;;;;;6*+2. The van der Waals surface area contributed by atoms with Gasteiger partial charge in [-0.3, -0.25) is 24.0 Å². The average molecular weight is 1660 g/mol. The summed E-state index contributed by atoms with van der Waals surface area (Å²) in [6.45, 7) is 11.4. The average Bonchev–Trinajstić information content (AvgIpc) is 2.91. The molecule has 0 aromatic rings. The summed E-state index contributed by atoms with van der Waals surface area (Å²) >= 11 is 0. The van der Waals surface area contributed by atoms with Gasteiger partial charge in [-0.2, -0.15) is 0 Å². The van der Waals surface area contributed by atoms with Crippen LogP contribution in [0.25, 0.3) is 0 Å². The van der Waals surface area contributed by atoms with Crippen LogP contribution in [-0.4, -0.2) is 282 Å². The fourth-order valence-corrected chi connectivity index (χ4v) is 13.2. The maximum Gasteiger partial charge on any atom is 2.00 e. The molecule has 0 aliphatic carbocycles. The van der Waals surface area contributed by atoms with Gasteiger partial charge in [-0.25, -0.2) is 0 Å². The number of rotatable bonds is 80. The van der Waals surface area contributed by atoms with Crippen molar-refractivity contribution >= 4 is 256 Å². The summed E-state index contributed by atoms with van der Waals surface area (Å²) in [5.74, 6) is -3.27. The quantitative estimate of drug-likeness (QED) is 0.0290. The predicted molar refractivity (Wildman–Crippen MR) is 470 cm³/mol. The van der Waals surface area contributed by atoms with Gasteiger partial charge in [0.25, 0.3) is 0 Å². The van der Waals surface area contributed by atoms with Gasteiger partial charge < -0.3 is 25.5 Å². The Balaban J connectivity index is -0.000000117. The van der Waals surface area contributed by atoms with Crippen molar-refractivity contribution in [3.63, 3.8) is 0 Å². The Morgan fingerprint density at radius 2 is 0.179 bits per heavy atom. The van der Waals surface area contributed by atoms with Crippen LogP contribution >= 0.6 is 0 Å². The summed E-state index contributed by atoms with van der Waals surface area (Å²) in [5.41, 5.74) is 0. The molecule has 0 aromatic heterocycles. The van der Waals surface area contributed by atoms with E-state index in [1.807, 2.05) is 0 Å². The van der Waals surface area contributed by atoms with Crippen molar-refractivity contribution in [1.82, 2.24) is 0 Å². The van der Waals surface area contributed by atoms with E-state index >= 15 is 0 Å². The molecule has 0 saturated heterocycles. The molecule has 0 spiro atoms. The fraction of sp³-hybridized carbons (Fsp3) is 0.944. The van der Waals surface area contributed by atoms with E-state index in [0.717, 1.165) is 64.2 Å². The largest absolute Gasteiger partial charge is 2.00 e. The third kappa shape index (κ3) is 157. The molecule has 600 valence electrons. The molecule has 0 amide bonds. The van der Waals surface area contributed by atoms with E-state index in [2.05, 4.69) is 34.6 Å². The van der Waals surface area contributed by atoms with Gasteiger partial charge in [-0.1, -0.05) is 484 Å². The van der Waals surface area contributed by atoms with Crippen molar-refractivity contribution in [3.8, 4) is 0 Å². The van der Waals surface area contributed by atoms with E-state index in [1.165, 1.54) is 417 Å². The van der Waals surface area contributed by atoms with Gasteiger partial charge in [0.1, 0.15) is 0 Å². The van der Waals surface area contributed by atoms with Gasteiger partial charge in [0.05, 0.1) is 0 Å². The molecule has 0 heterocycles. The Labute approximate surface area is 841 Å². The van der Waals surface area contributed by atoms with Gasteiger partial charge in [0.2, 0.25) is 0 Å². The van der Waals surface area contributed by atoms with Crippen LogP contribution in [0, 0.1) is 0 Å². The van der Waals surface area contributed by atoms with Gasteiger partial charge in [-0.05, 0) is 32.1 Å². The summed E-state index contributed by atoms with van der Waals surface area (Å²) in [6, 6.07) is 0. The number of unbranched alkanes of at least 4 members (excludes halogenated alkanes) is 70. The molecule has 0 aromatic carbocycles. The molecular formula is C90H180Ca6O10+12. The second-order valence-electron chi connectivity index (χ2n) is 30.5. The Kier molecular flexibility index (Phi) is 165. The Morgan fingerprint density at radius 1 is 0.123 bits per heavy atom. The SMILES string of the molecule is CCCCCCCCCCCCCCCCCC(=O)O.CCCCCCCCCCCCCCCCCC(=O)O.CCCCCCCCCCCCCCCCCC(=O)O.CCCCCCCCCCCCCCCCCC(=O)O.CCCCCCCCCCCCCCCCCC(=O)O.[Ca+2].[Ca+2].[Ca+2].[Ca+2].[Ca+2].[Ca+2]. The number of hydrogen-bond donors (Lipinski definition) is 5. The van der Waals surface area contributed by atoms with Crippen LogP contribution in [0.2, 0.25) is 0 Å². The van der Waals surface area contributed by atoms with Crippen LogP contribution in [0.15, 0.2) is 0 Å². The van der Waals surface area contributed by atoms with E-state index in [-0.39, 0.29) is 226 Å². The van der Waals surface area contributed by atoms with Crippen LogP contribution in [0.3, 0.4) is 0 Å². The summed E-state index contributed by atoms with van der Waals surface area (Å²) in [7, 11) is 0. The minimum atomic E-state index is -0.653. The summed E-state index contributed by atoms with van der Waals surface area (Å²) < 4.78 is 0. The molecule has 0 saturated carbocycles. The van der Waals surface area contributed by atoms with Gasteiger partial charge in [0.15, 0.2) is 0 Å². The van der Waals surface area contributed by atoms with Crippen LogP contribution in [-0.2, 0) is 24.0 Å². The van der Waals surface area contributed by atoms with Crippen LogP contribution in [0.4, 0.5) is 0 Å². The number of hydrogen-bond acceptors (Lipinski definition) is 5. The topological polar surface area (TPSA) is 186 Å². The first-order chi connectivity index (χ1) is 48.9. The number of carboxylic acid groups (broad SMARTS) is 5. The number of carboxylic acids is 5. The maximum atomic E-state index is 10.3. The van der Waals surface area contributed by atoms with Gasteiger partial charge in [0, 0.05) is 32.1 Å². The van der Waals surface area contributed by atoms with E-state index in [0.29, 0.717) is 32.1 Å². The molecule has 16 heteroatoms. The van der Waals surface area contributed by atoms with Crippen molar-refractivity contribution < 1.29 is 49.5 Å². The number of carbonyl (C=O) groups is 5. The van der Waals surface area contributed by atoms with Gasteiger partial charge >= 0.3 is 256 Å². The monoisotopic (exact) mass is 1660 g/mol. The van der Waals surface area contributed by atoms with Crippen LogP contribution in [0.1, 0.15) is 548 Å². The van der Waals surface area contributed by atoms with E-state index < -0.39 is 29.8 Å². The second kappa shape index (κ2) is 131. The molecular weight excluding hydrogens is 1480 g/mol. The zero-order chi connectivity index (χ0) is 74.5. The van der Waals surface area contributed by atoms with E-state index in [1.54, 1.807) is 0 Å². The van der Waals surface area contributed by atoms with Crippen molar-refractivity contribution in [2.75, 3.05) is 0 Å². The summed E-state index contributed by atoms with van der Waals surface area (Å²) in [4.78, 5) is 51.7. The third-order valence-electron chi connectivity index (χ3n) is 20.0. The molecule has 10 nitrogen and oxygen atoms in total. The van der Waals surface area contributed by atoms with Crippen molar-refractivity contribution in [2.24, 2.45) is 0 Å². The molecule has 0 rings (SSSR count). The molecule has 0 fully saturated rings. The molecule has 0 atom stereocenters. The molecule has 106 heavy (non-hydrogen) atoms. The second-order valence-corrected chi connectivity index (χ2v) is 30.5. The van der Waals surface area contributed by atoms with E-state index in [4.69, 9.17) is 25.5 Å². The van der Waals surface area contributed by atoms with Crippen molar-refractivity contribution in [3.05, 3.63) is 0 Å². The molecule has 0 radical (unpaired) electrons. The minimum absolute atomic E-state index is 0. The molecule has 5 N–H and O–H groups in total. The van der Waals surface area contributed by atoms with E-state index in [9.17, 15) is 24.0 Å². The Hall–Kier alpha value is 4.91. The fourth-order valence-electron chi connectivity index (χ4n) is 13.2. The minimum Gasteiger partial charge on any atom is -0.481 e. The van der Waals surface area contributed by atoms with Gasteiger partial charge in [-0.15, -0.1) is 0 Å². The normalized spacial score (nSPS) is 10.2. The molecule has 0 bridgehead atoms. The zero-order valence-corrected chi connectivity index (χ0v) is 85.8. The first-order valence-electron chi connectivity index (χ1n) is 44.9. The number of aliphatic carboxylic acids is 5. The third-order valence-corrected chi connectivity index (χ3v) is 20.0. The zero-order valence-electron chi connectivity index (χ0n) is 72.6. The smallest absolute Gasteiger partial charge is 0.481 e. The summed E-state index contributed by atoms with van der Waals surface area (Å²) in [5, 5.41) is 42.6. The summed E-state index contributed by atoms with van der Waals surface area (Å²) in [6.07, 6.45) is 101. The van der Waals surface area contributed by atoms with Crippen LogP contribution < -0.4 is 0 Å². The first-order valence-corrected chi connectivity index (χ1v) is 44.9. The van der Waals surface area contributed by atoms with Crippen molar-refractivity contribution in [1.29, 1.82) is 0 Å². The first kappa shape index (κ1) is 134. The predicted octanol–water partition coefficient (Wildman–Crippen LogP) is 29.4. The maximum absolute atomic E-state index is 10.3. The van der Waals surface area contributed by atoms with Crippen LogP contribution in [0.5, 0.6) is 0 Å². The molecule has 0 aliphatic rings. The Morgan fingerprint density at radius 3 is 0.236 bits per heavy atom. The molecule has 0 unspecified atom stereocenters. The Bertz CT molecular complexity index is 1300.